The lowest BCUT2D eigenvalue weighted by molar-refractivity contribution is -0.117. The molecule has 0 aliphatic heterocycles. The lowest BCUT2D eigenvalue weighted by Crippen LogP contribution is -2.08. The number of rotatable bonds is 8. The van der Waals surface area contributed by atoms with Gasteiger partial charge in [-0.15, -0.1) is 0 Å². The standard InChI is InChI=1S/C26H24O3/c1-18-4-3-5-22(14-18)17-26(29)24-12-8-21(9-13-24)16-25(28)15-20-6-10-23(11-7-20)19(2)27/h3-14H,15-17H2,1-2H3. The van der Waals surface area contributed by atoms with E-state index in [1.807, 2.05) is 55.5 Å². The molecule has 0 aliphatic rings. The Bertz CT molecular complexity index is 1030. The molecule has 0 saturated heterocycles. The van der Waals surface area contributed by atoms with Gasteiger partial charge in [0.1, 0.15) is 5.78 Å². The Kier molecular flexibility index (Phi) is 6.50. The molecule has 3 aromatic rings. The quantitative estimate of drug-likeness (QED) is 0.515. The molecule has 3 rings (SSSR count). The van der Waals surface area contributed by atoms with Crippen LogP contribution < -0.4 is 0 Å². The fourth-order valence-corrected chi connectivity index (χ4v) is 3.29. The smallest absolute Gasteiger partial charge is 0.167 e. The highest BCUT2D eigenvalue weighted by Crippen LogP contribution is 2.13. The monoisotopic (exact) mass is 384 g/mol. The first-order valence-electron chi connectivity index (χ1n) is 9.70. The van der Waals surface area contributed by atoms with E-state index in [0.29, 0.717) is 30.4 Å². The molecule has 3 aromatic carbocycles. The topological polar surface area (TPSA) is 51.2 Å². The molecular weight excluding hydrogens is 360 g/mol. The molecule has 0 fully saturated rings. The van der Waals surface area contributed by atoms with Crippen molar-refractivity contribution in [3.05, 3.63) is 106 Å². The minimum Gasteiger partial charge on any atom is -0.299 e. The Hall–Kier alpha value is -3.33. The van der Waals surface area contributed by atoms with Gasteiger partial charge < -0.3 is 0 Å². The van der Waals surface area contributed by atoms with E-state index in [2.05, 4.69) is 0 Å². The van der Waals surface area contributed by atoms with Gasteiger partial charge in [0.25, 0.3) is 0 Å². The number of carbonyl (C=O) groups excluding carboxylic acids is 3. The second-order valence-electron chi connectivity index (χ2n) is 7.43. The van der Waals surface area contributed by atoms with E-state index in [0.717, 1.165) is 22.3 Å². The third kappa shape index (κ3) is 5.82. The Balaban J connectivity index is 1.57. The predicted molar refractivity (Wildman–Crippen MR) is 115 cm³/mol. The summed E-state index contributed by atoms with van der Waals surface area (Å²) < 4.78 is 0. The zero-order chi connectivity index (χ0) is 20.8. The molecule has 29 heavy (non-hydrogen) atoms. The summed E-state index contributed by atoms with van der Waals surface area (Å²) in [4.78, 5) is 36.2. The van der Waals surface area contributed by atoms with Crippen LogP contribution in [0.1, 0.15) is 49.9 Å². The van der Waals surface area contributed by atoms with E-state index in [1.54, 1.807) is 24.3 Å². The van der Waals surface area contributed by atoms with Crippen LogP contribution in [0.15, 0.2) is 72.8 Å². The lowest BCUT2D eigenvalue weighted by atomic mass is 9.98. The highest BCUT2D eigenvalue weighted by atomic mass is 16.1. The Morgan fingerprint density at radius 2 is 1.21 bits per heavy atom. The maximum absolute atomic E-state index is 12.5. The predicted octanol–water partition coefficient (Wildman–Crippen LogP) is 4.98. The van der Waals surface area contributed by atoms with Crippen LogP contribution in [0.4, 0.5) is 0 Å². The molecular formula is C26H24O3. The number of benzene rings is 3. The van der Waals surface area contributed by atoms with Crippen LogP contribution in [-0.2, 0) is 24.1 Å². The van der Waals surface area contributed by atoms with Gasteiger partial charge in [-0.1, -0.05) is 78.4 Å². The Morgan fingerprint density at radius 3 is 1.72 bits per heavy atom. The zero-order valence-electron chi connectivity index (χ0n) is 16.8. The number of hydrogen-bond donors (Lipinski definition) is 0. The van der Waals surface area contributed by atoms with Gasteiger partial charge in [-0.3, -0.25) is 14.4 Å². The highest BCUT2D eigenvalue weighted by Gasteiger charge is 2.10. The molecule has 146 valence electrons. The van der Waals surface area contributed by atoms with Gasteiger partial charge in [0.15, 0.2) is 11.6 Å². The maximum atomic E-state index is 12.5. The number of hydrogen-bond acceptors (Lipinski definition) is 3. The molecule has 3 nitrogen and oxygen atoms in total. The van der Waals surface area contributed by atoms with Crippen molar-refractivity contribution in [3.8, 4) is 0 Å². The molecule has 0 spiro atoms. The van der Waals surface area contributed by atoms with Crippen molar-refractivity contribution in [3.63, 3.8) is 0 Å². The molecule has 0 saturated carbocycles. The van der Waals surface area contributed by atoms with Gasteiger partial charge in [0.2, 0.25) is 0 Å². The van der Waals surface area contributed by atoms with Gasteiger partial charge in [-0.05, 0) is 30.5 Å². The zero-order valence-corrected chi connectivity index (χ0v) is 16.8. The van der Waals surface area contributed by atoms with Crippen LogP contribution in [-0.4, -0.2) is 17.3 Å². The molecule has 0 unspecified atom stereocenters. The van der Waals surface area contributed by atoms with Crippen molar-refractivity contribution in [2.24, 2.45) is 0 Å². The molecule has 3 heteroatoms. The Morgan fingerprint density at radius 1 is 0.655 bits per heavy atom. The van der Waals surface area contributed by atoms with Crippen LogP contribution in [0.3, 0.4) is 0 Å². The third-order valence-corrected chi connectivity index (χ3v) is 4.89. The van der Waals surface area contributed by atoms with Crippen LogP contribution in [0.25, 0.3) is 0 Å². The van der Waals surface area contributed by atoms with E-state index in [-0.39, 0.29) is 17.3 Å². The van der Waals surface area contributed by atoms with Crippen LogP contribution >= 0.6 is 0 Å². The van der Waals surface area contributed by atoms with Crippen molar-refractivity contribution in [2.75, 3.05) is 0 Å². The molecule has 0 atom stereocenters. The summed E-state index contributed by atoms with van der Waals surface area (Å²) >= 11 is 0. The van der Waals surface area contributed by atoms with Gasteiger partial charge in [0, 0.05) is 30.4 Å². The van der Waals surface area contributed by atoms with Crippen LogP contribution in [0, 0.1) is 6.92 Å². The summed E-state index contributed by atoms with van der Waals surface area (Å²) in [6.45, 7) is 3.53. The summed E-state index contributed by atoms with van der Waals surface area (Å²) in [5, 5.41) is 0. The molecule has 0 heterocycles. The van der Waals surface area contributed by atoms with Crippen molar-refractivity contribution < 1.29 is 14.4 Å². The fraction of sp³-hybridized carbons (Fsp3) is 0.192. The minimum atomic E-state index is 0.0138. The first kappa shape index (κ1) is 20.4. The molecule has 0 radical (unpaired) electrons. The first-order chi connectivity index (χ1) is 13.9. The highest BCUT2D eigenvalue weighted by molar-refractivity contribution is 5.97. The van der Waals surface area contributed by atoms with Gasteiger partial charge in [-0.2, -0.15) is 0 Å². The van der Waals surface area contributed by atoms with E-state index in [9.17, 15) is 14.4 Å². The van der Waals surface area contributed by atoms with Gasteiger partial charge in [-0.25, -0.2) is 0 Å². The average Bonchev–Trinajstić information content (AvgIpc) is 2.69. The summed E-state index contributed by atoms with van der Waals surface area (Å²) in [5.74, 6) is 0.179. The van der Waals surface area contributed by atoms with E-state index in [1.165, 1.54) is 6.92 Å². The maximum Gasteiger partial charge on any atom is 0.167 e. The minimum absolute atomic E-state index is 0.0138. The number of Topliss-reactive ketones (excluding diaryl/α,β-unsaturated/α-hetero) is 3. The van der Waals surface area contributed by atoms with Crippen molar-refractivity contribution in [1.82, 2.24) is 0 Å². The number of ketones is 3. The summed E-state index contributed by atoms with van der Waals surface area (Å²) in [6, 6.07) is 22.4. The van der Waals surface area contributed by atoms with Gasteiger partial charge >= 0.3 is 0 Å². The number of aryl methyl sites for hydroxylation is 1. The van der Waals surface area contributed by atoms with Crippen molar-refractivity contribution >= 4 is 17.3 Å². The summed E-state index contributed by atoms with van der Waals surface area (Å²) in [7, 11) is 0. The SMILES string of the molecule is CC(=O)c1ccc(CC(=O)Cc2ccc(C(=O)Cc3cccc(C)c3)cc2)cc1. The molecule has 0 aliphatic carbocycles. The average molecular weight is 384 g/mol. The van der Waals surface area contributed by atoms with E-state index in [4.69, 9.17) is 0 Å². The first-order valence-corrected chi connectivity index (χ1v) is 9.70. The summed E-state index contributed by atoms with van der Waals surface area (Å²) in [5.41, 5.74) is 5.23. The third-order valence-electron chi connectivity index (χ3n) is 4.89. The number of carbonyl (C=O) groups is 3. The normalized spacial score (nSPS) is 10.6. The molecule has 0 amide bonds. The Labute approximate surface area is 171 Å². The largest absolute Gasteiger partial charge is 0.299 e. The van der Waals surface area contributed by atoms with Crippen molar-refractivity contribution in [2.45, 2.75) is 33.1 Å². The van der Waals surface area contributed by atoms with Crippen LogP contribution in [0.2, 0.25) is 0 Å². The second-order valence-corrected chi connectivity index (χ2v) is 7.43. The van der Waals surface area contributed by atoms with E-state index < -0.39 is 0 Å². The van der Waals surface area contributed by atoms with E-state index >= 15 is 0 Å². The fourth-order valence-electron chi connectivity index (χ4n) is 3.29. The van der Waals surface area contributed by atoms with Crippen molar-refractivity contribution in [1.29, 1.82) is 0 Å². The molecule has 0 N–H and O–H groups in total. The van der Waals surface area contributed by atoms with Crippen LogP contribution in [0.5, 0.6) is 0 Å². The van der Waals surface area contributed by atoms with Gasteiger partial charge in [0.05, 0.1) is 0 Å². The lowest BCUT2D eigenvalue weighted by Gasteiger charge is -2.06. The summed E-state index contributed by atoms with van der Waals surface area (Å²) in [6.07, 6.45) is 1.02. The molecule has 0 aromatic heterocycles. The second kappa shape index (κ2) is 9.24. The molecule has 0 bridgehead atoms.